The fraction of sp³-hybridized carbons (Fsp3) is 0.276. The van der Waals surface area contributed by atoms with Gasteiger partial charge in [0.25, 0.3) is 5.91 Å². The minimum Gasteiger partial charge on any atom is -0.369 e. The lowest BCUT2D eigenvalue weighted by Crippen LogP contribution is -2.48. The second-order valence-electron chi connectivity index (χ2n) is 9.13. The first kappa shape index (κ1) is 27.3. The number of halogens is 1. The van der Waals surface area contributed by atoms with E-state index >= 15 is 0 Å². The highest BCUT2D eigenvalue weighted by molar-refractivity contribution is 6.30. The van der Waals surface area contributed by atoms with Crippen LogP contribution < -0.4 is 15.5 Å². The largest absolute Gasteiger partial charge is 0.369 e. The second kappa shape index (κ2) is 12.7. The molecule has 0 radical (unpaired) electrons. The number of fused-ring (bicyclic) bond motifs is 3. The molecule has 206 valence electrons. The molecule has 0 spiro atoms. The van der Waals surface area contributed by atoms with Gasteiger partial charge in [-0.3, -0.25) is 9.69 Å². The summed E-state index contributed by atoms with van der Waals surface area (Å²) in [4.78, 5) is 22.1. The molecule has 11 heteroatoms. The number of anilines is 3. The molecule has 0 bridgehead atoms. The highest BCUT2D eigenvalue weighted by atomic mass is 35.5. The van der Waals surface area contributed by atoms with Gasteiger partial charge in [-0.05, 0) is 65.0 Å². The third-order valence-corrected chi connectivity index (χ3v) is 6.93. The van der Waals surface area contributed by atoms with Gasteiger partial charge in [0, 0.05) is 61.2 Å². The quantitative estimate of drug-likeness (QED) is 0.298. The first-order chi connectivity index (χ1) is 19.6. The van der Waals surface area contributed by atoms with E-state index in [1.54, 1.807) is 16.6 Å². The van der Waals surface area contributed by atoms with Crippen molar-refractivity contribution < 1.29 is 4.79 Å². The van der Waals surface area contributed by atoms with E-state index in [4.69, 9.17) is 11.6 Å². The lowest BCUT2D eigenvalue weighted by Gasteiger charge is -2.36. The van der Waals surface area contributed by atoms with Crippen LogP contribution in [-0.4, -0.2) is 75.1 Å². The highest BCUT2D eigenvalue weighted by Gasteiger charge is 2.17. The maximum absolute atomic E-state index is 12.7. The van der Waals surface area contributed by atoms with Gasteiger partial charge in [0.1, 0.15) is 0 Å². The number of piperazine rings is 1. The van der Waals surface area contributed by atoms with Gasteiger partial charge in [-0.15, -0.1) is 5.10 Å². The number of benzene rings is 3. The number of carbonyl (C=O) groups excluding carboxylic acids is 1. The van der Waals surface area contributed by atoms with Crippen molar-refractivity contribution in [3.8, 4) is 0 Å². The average molecular weight is 558 g/mol. The van der Waals surface area contributed by atoms with E-state index in [1.165, 1.54) is 0 Å². The van der Waals surface area contributed by atoms with Gasteiger partial charge in [-0.25, -0.2) is 4.98 Å². The van der Waals surface area contributed by atoms with Crippen molar-refractivity contribution in [2.75, 3.05) is 49.5 Å². The van der Waals surface area contributed by atoms with E-state index in [0.717, 1.165) is 60.2 Å². The summed E-state index contributed by atoms with van der Waals surface area (Å²) in [6, 6.07) is 22.9. The summed E-state index contributed by atoms with van der Waals surface area (Å²) in [5.74, 6) is 0.448. The molecule has 10 nitrogen and oxygen atoms in total. The Morgan fingerprint density at radius 1 is 0.950 bits per heavy atom. The summed E-state index contributed by atoms with van der Waals surface area (Å²) in [7, 11) is 0. The minimum atomic E-state index is -0.0954. The molecule has 1 saturated heterocycles. The van der Waals surface area contributed by atoms with Gasteiger partial charge >= 0.3 is 0 Å². The number of hydrogen-bond acceptors (Lipinski definition) is 8. The minimum absolute atomic E-state index is 0.0954. The number of para-hydroxylation sites is 2. The normalized spacial score (nSPS) is 13.6. The van der Waals surface area contributed by atoms with Crippen LogP contribution in [0.15, 0.2) is 72.8 Å². The van der Waals surface area contributed by atoms with Crippen LogP contribution in [0.2, 0.25) is 5.02 Å². The molecule has 5 aromatic rings. The fourth-order valence-corrected chi connectivity index (χ4v) is 4.85. The fourth-order valence-electron chi connectivity index (χ4n) is 4.66. The van der Waals surface area contributed by atoms with Gasteiger partial charge in [0.2, 0.25) is 5.65 Å². The van der Waals surface area contributed by atoms with E-state index in [0.29, 0.717) is 23.6 Å². The van der Waals surface area contributed by atoms with Crippen molar-refractivity contribution in [2.45, 2.75) is 13.8 Å². The molecular formula is C29H32ClN9O. The van der Waals surface area contributed by atoms with E-state index < -0.39 is 0 Å². The first-order valence-electron chi connectivity index (χ1n) is 13.5. The van der Waals surface area contributed by atoms with Crippen LogP contribution >= 0.6 is 11.6 Å². The third kappa shape index (κ3) is 6.13. The molecule has 0 aliphatic carbocycles. The Morgan fingerprint density at radius 2 is 1.73 bits per heavy atom. The topological polar surface area (TPSA) is 104 Å². The van der Waals surface area contributed by atoms with Crippen molar-refractivity contribution >= 4 is 51.4 Å². The predicted molar refractivity (Wildman–Crippen MR) is 160 cm³/mol. The smallest absolute Gasteiger partial charge is 0.251 e. The van der Waals surface area contributed by atoms with Gasteiger partial charge in [0.05, 0.1) is 11.0 Å². The standard InChI is InChI=1S/C27H26ClN9O.C2H6/c28-20-4-3-5-22(18-20)36-16-14-35(15-17-36)13-12-29-27(38)19-8-10-21(11-9-19)30-25-26-32-33-34-37(26)24-7-2-1-6-23(24)31-25;1-2/h1-11,18H,12-17H2,(H,29,38)(H,30,31);1-2H3. The SMILES string of the molecule is CC.O=C(NCCN1CCN(c2cccc(Cl)c2)CC1)c1ccc(Nc2nc3ccccc3n3nnnc23)cc1. The maximum Gasteiger partial charge on any atom is 0.251 e. The maximum atomic E-state index is 12.7. The van der Waals surface area contributed by atoms with Crippen LogP contribution in [0.25, 0.3) is 16.7 Å². The van der Waals surface area contributed by atoms with Crippen molar-refractivity contribution in [1.29, 1.82) is 0 Å². The molecule has 2 aromatic heterocycles. The second-order valence-corrected chi connectivity index (χ2v) is 9.57. The zero-order valence-electron chi connectivity index (χ0n) is 22.6. The molecule has 3 aromatic carbocycles. The summed E-state index contributed by atoms with van der Waals surface area (Å²) in [5.41, 5.74) is 4.67. The van der Waals surface area contributed by atoms with Gasteiger partial charge in [-0.1, -0.05) is 43.6 Å². The van der Waals surface area contributed by atoms with Crippen LogP contribution in [0.3, 0.4) is 0 Å². The van der Waals surface area contributed by atoms with Crippen LogP contribution in [0, 0.1) is 0 Å². The average Bonchev–Trinajstić information content (AvgIpc) is 3.50. The molecule has 1 amide bonds. The van der Waals surface area contributed by atoms with Gasteiger partial charge in [-0.2, -0.15) is 4.52 Å². The van der Waals surface area contributed by atoms with E-state index in [-0.39, 0.29) is 5.91 Å². The Hall–Kier alpha value is -4.28. The monoisotopic (exact) mass is 557 g/mol. The Labute approximate surface area is 237 Å². The molecule has 1 aliphatic heterocycles. The van der Waals surface area contributed by atoms with Crippen LogP contribution in [0.4, 0.5) is 17.2 Å². The molecule has 0 atom stereocenters. The van der Waals surface area contributed by atoms with E-state index in [2.05, 4.69) is 47.0 Å². The number of tetrazole rings is 1. The van der Waals surface area contributed by atoms with E-state index in [1.807, 2.05) is 68.4 Å². The molecule has 3 heterocycles. The summed E-state index contributed by atoms with van der Waals surface area (Å²) in [6.45, 7) is 9.17. The van der Waals surface area contributed by atoms with Crippen LogP contribution in [0.5, 0.6) is 0 Å². The summed E-state index contributed by atoms with van der Waals surface area (Å²) < 4.78 is 1.66. The molecule has 1 aliphatic rings. The Balaban J connectivity index is 0.00000158. The van der Waals surface area contributed by atoms with Crippen LogP contribution in [0.1, 0.15) is 24.2 Å². The predicted octanol–water partition coefficient (Wildman–Crippen LogP) is 4.65. The highest BCUT2D eigenvalue weighted by Crippen LogP contribution is 2.23. The molecule has 1 fully saturated rings. The van der Waals surface area contributed by atoms with Crippen molar-refractivity contribution in [2.24, 2.45) is 0 Å². The van der Waals surface area contributed by atoms with E-state index in [9.17, 15) is 4.79 Å². The number of hydrogen-bond donors (Lipinski definition) is 2. The molecule has 2 N–H and O–H groups in total. The first-order valence-corrected chi connectivity index (χ1v) is 13.9. The van der Waals surface area contributed by atoms with Gasteiger partial charge in [0.15, 0.2) is 5.82 Å². The molecule has 40 heavy (non-hydrogen) atoms. The van der Waals surface area contributed by atoms with Crippen molar-refractivity contribution in [3.63, 3.8) is 0 Å². The number of nitrogens with zero attached hydrogens (tertiary/aromatic N) is 7. The molecular weight excluding hydrogens is 526 g/mol. The molecule has 0 unspecified atom stereocenters. The van der Waals surface area contributed by atoms with Gasteiger partial charge < -0.3 is 15.5 Å². The number of amides is 1. The summed E-state index contributed by atoms with van der Waals surface area (Å²) in [5, 5.41) is 19.0. The lowest BCUT2D eigenvalue weighted by atomic mass is 10.2. The molecule has 6 rings (SSSR count). The number of rotatable bonds is 7. The lowest BCUT2D eigenvalue weighted by molar-refractivity contribution is 0.0948. The Morgan fingerprint density at radius 3 is 2.50 bits per heavy atom. The molecule has 0 saturated carbocycles. The zero-order valence-corrected chi connectivity index (χ0v) is 23.3. The zero-order chi connectivity index (χ0) is 27.9. The van der Waals surface area contributed by atoms with Crippen molar-refractivity contribution in [3.05, 3.63) is 83.4 Å². The summed E-state index contributed by atoms with van der Waals surface area (Å²) >= 11 is 6.13. The van der Waals surface area contributed by atoms with Crippen molar-refractivity contribution in [1.82, 2.24) is 35.2 Å². The summed E-state index contributed by atoms with van der Waals surface area (Å²) in [6.07, 6.45) is 0. The number of aromatic nitrogens is 5. The third-order valence-electron chi connectivity index (χ3n) is 6.69. The Kier molecular flexibility index (Phi) is 8.68. The number of nitrogens with one attached hydrogen (secondary N) is 2. The van der Waals surface area contributed by atoms with Crippen LogP contribution in [-0.2, 0) is 0 Å². The Bertz CT molecular complexity index is 1580. The number of carbonyl (C=O) groups is 1.